The number of carbonyl (C=O) groups excluding carboxylic acids is 1. The van der Waals surface area contributed by atoms with E-state index in [-0.39, 0.29) is 10.9 Å². The van der Waals surface area contributed by atoms with E-state index in [0.29, 0.717) is 19.6 Å². The SMILES string of the molecule is Cc1cccc(C(=O)N2CCCN(c3ccc(S(=O)(=O)C(C)(C)C)nc3)CC2)c1. The van der Waals surface area contributed by atoms with Gasteiger partial charge in [-0.2, -0.15) is 0 Å². The molecular formula is C22H29N3O3S. The lowest BCUT2D eigenvalue weighted by molar-refractivity contribution is 0.0767. The van der Waals surface area contributed by atoms with E-state index < -0.39 is 14.6 Å². The van der Waals surface area contributed by atoms with Crippen molar-refractivity contribution in [3.63, 3.8) is 0 Å². The lowest BCUT2D eigenvalue weighted by atomic mass is 10.1. The standard InChI is InChI=1S/C22H29N3O3S/c1-17-7-5-8-18(15-17)21(26)25-12-6-11-24(13-14-25)19-9-10-20(23-16-19)29(27,28)22(2,3)4/h5,7-10,15-16H,6,11-14H2,1-4H3. The molecule has 1 aliphatic heterocycles. The first-order valence-corrected chi connectivity index (χ1v) is 11.4. The zero-order valence-corrected chi connectivity index (χ0v) is 18.4. The zero-order valence-electron chi connectivity index (χ0n) is 17.6. The molecule has 1 aromatic carbocycles. The van der Waals surface area contributed by atoms with E-state index in [1.165, 1.54) is 0 Å². The van der Waals surface area contributed by atoms with Crippen LogP contribution in [0.15, 0.2) is 47.6 Å². The predicted molar refractivity (Wildman–Crippen MR) is 115 cm³/mol. The molecule has 1 saturated heterocycles. The summed E-state index contributed by atoms with van der Waals surface area (Å²) in [6, 6.07) is 11.1. The minimum Gasteiger partial charge on any atom is -0.368 e. The molecule has 0 atom stereocenters. The molecule has 1 aliphatic rings. The minimum absolute atomic E-state index is 0.0558. The van der Waals surface area contributed by atoms with Crippen LogP contribution in [0.2, 0.25) is 0 Å². The second-order valence-corrected chi connectivity index (χ2v) is 11.1. The van der Waals surface area contributed by atoms with Crippen molar-refractivity contribution in [1.29, 1.82) is 0 Å². The lowest BCUT2D eigenvalue weighted by Crippen LogP contribution is -2.35. The first-order chi connectivity index (χ1) is 13.6. The molecule has 0 bridgehead atoms. The number of sulfone groups is 1. The summed E-state index contributed by atoms with van der Waals surface area (Å²) >= 11 is 0. The number of rotatable bonds is 3. The van der Waals surface area contributed by atoms with Crippen molar-refractivity contribution in [3.05, 3.63) is 53.7 Å². The first-order valence-electron chi connectivity index (χ1n) is 9.91. The number of amides is 1. The Kier molecular flexibility index (Phi) is 5.98. The van der Waals surface area contributed by atoms with Crippen molar-refractivity contribution in [1.82, 2.24) is 9.88 Å². The van der Waals surface area contributed by atoms with Gasteiger partial charge in [0.2, 0.25) is 0 Å². The number of nitrogens with zero attached hydrogens (tertiary/aromatic N) is 3. The van der Waals surface area contributed by atoms with Crippen molar-refractivity contribution in [3.8, 4) is 0 Å². The maximum atomic E-state index is 12.8. The van der Waals surface area contributed by atoms with Gasteiger partial charge in [-0.3, -0.25) is 4.79 Å². The molecule has 1 aromatic heterocycles. The average molecular weight is 416 g/mol. The number of benzene rings is 1. The molecule has 156 valence electrons. The number of carbonyl (C=O) groups is 1. The zero-order chi connectivity index (χ0) is 21.2. The molecule has 1 fully saturated rings. The van der Waals surface area contributed by atoms with Gasteiger partial charge in [-0.1, -0.05) is 17.7 Å². The second kappa shape index (κ2) is 8.14. The molecule has 3 rings (SSSR count). The van der Waals surface area contributed by atoms with Crippen LogP contribution in [0, 0.1) is 6.92 Å². The molecule has 0 saturated carbocycles. The Bertz CT molecular complexity index is 979. The summed E-state index contributed by atoms with van der Waals surface area (Å²) in [5.41, 5.74) is 2.67. The highest BCUT2D eigenvalue weighted by molar-refractivity contribution is 7.92. The van der Waals surface area contributed by atoms with Gasteiger partial charge in [-0.15, -0.1) is 0 Å². The first kappa shape index (κ1) is 21.3. The Balaban J connectivity index is 1.70. The lowest BCUT2D eigenvalue weighted by Gasteiger charge is -2.24. The molecule has 0 N–H and O–H groups in total. The minimum atomic E-state index is -3.47. The second-order valence-electron chi connectivity index (χ2n) is 8.47. The summed E-state index contributed by atoms with van der Waals surface area (Å²) in [6.45, 7) is 9.81. The average Bonchev–Trinajstić information content (AvgIpc) is 2.93. The monoisotopic (exact) mass is 415 g/mol. The fraction of sp³-hybridized carbons (Fsp3) is 0.455. The van der Waals surface area contributed by atoms with Crippen LogP contribution in [-0.2, 0) is 9.84 Å². The van der Waals surface area contributed by atoms with E-state index in [2.05, 4.69) is 9.88 Å². The number of aryl methyl sites for hydroxylation is 1. The Hall–Kier alpha value is -2.41. The Morgan fingerprint density at radius 2 is 1.79 bits per heavy atom. The molecule has 7 heteroatoms. The fourth-order valence-corrected chi connectivity index (χ4v) is 4.44. The third-order valence-corrected chi connectivity index (χ3v) is 7.62. The summed E-state index contributed by atoms with van der Waals surface area (Å²) in [6.07, 6.45) is 2.47. The molecule has 2 heterocycles. The van der Waals surface area contributed by atoms with Crippen molar-refractivity contribution in [2.75, 3.05) is 31.1 Å². The van der Waals surface area contributed by atoms with E-state index >= 15 is 0 Å². The van der Waals surface area contributed by atoms with Crippen molar-refractivity contribution < 1.29 is 13.2 Å². The van der Waals surface area contributed by atoms with Crippen molar-refractivity contribution in [2.24, 2.45) is 0 Å². The molecule has 6 nitrogen and oxygen atoms in total. The maximum Gasteiger partial charge on any atom is 0.253 e. The number of hydrogen-bond donors (Lipinski definition) is 0. The van der Waals surface area contributed by atoms with Crippen LogP contribution in [0.1, 0.15) is 43.1 Å². The number of pyridine rings is 1. The highest BCUT2D eigenvalue weighted by Gasteiger charge is 2.32. The predicted octanol–water partition coefficient (Wildman–Crippen LogP) is 3.31. The van der Waals surface area contributed by atoms with Gasteiger partial charge in [0.25, 0.3) is 5.91 Å². The molecule has 1 amide bonds. The molecule has 0 unspecified atom stereocenters. The number of anilines is 1. The maximum absolute atomic E-state index is 12.8. The number of hydrogen-bond acceptors (Lipinski definition) is 5. The molecular weight excluding hydrogens is 386 g/mol. The van der Waals surface area contributed by atoms with Crippen LogP contribution >= 0.6 is 0 Å². The van der Waals surface area contributed by atoms with Crippen molar-refractivity contribution in [2.45, 2.75) is 43.9 Å². The van der Waals surface area contributed by atoms with Crippen LogP contribution < -0.4 is 4.90 Å². The van der Waals surface area contributed by atoms with Gasteiger partial charge in [0.05, 0.1) is 16.6 Å². The third kappa shape index (κ3) is 4.61. The Morgan fingerprint density at radius 1 is 1.03 bits per heavy atom. The van der Waals surface area contributed by atoms with Gasteiger partial charge < -0.3 is 9.80 Å². The highest BCUT2D eigenvalue weighted by Crippen LogP contribution is 2.25. The highest BCUT2D eigenvalue weighted by atomic mass is 32.2. The molecule has 2 aromatic rings. The van der Waals surface area contributed by atoms with E-state index in [0.717, 1.165) is 29.8 Å². The summed E-state index contributed by atoms with van der Waals surface area (Å²) in [4.78, 5) is 21.1. The normalized spacial score (nSPS) is 15.9. The molecule has 0 aliphatic carbocycles. The molecule has 29 heavy (non-hydrogen) atoms. The van der Waals surface area contributed by atoms with Crippen LogP contribution in [0.25, 0.3) is 0 Å². The molecule has 0 spiro atoms. The fourth-order valence-electron chi connectivity index (χ4n) is 3.37. The van der Waals surface area contributed by atoms with Gasteiger partial charge in [0, 0.05) is 31.7 Å². The van der Waals surface area contributed by atoms with Crippen LogP contribution in [0.4, 0.5) is 5.69 Å². The third-order valence-electron chi connectivity index (χ3n) is 5.22. The molecule has 0 radical (unpaired) electrons. The van der Waals surface area contributed by atoms with Gasteiger partial charge in [-0.25, -0.2) is 13.4 Å². The topological polar surface area (TPSA) is 70.6 Å². The number of aromatic nitrogens is 1. The van der Waals surface area contributed by atoms with Gasteiger partial charge in [-0.05, 0) is 58.4 Å². The van der Waals surface area contributed by atoms with E-state index in [1.54, 1.807) is 33.0 Å². The summed E-state index contributed by atoms with van der Waals surface area (Å²) in [5.74, 6) is 0.0558. The Morgan fingerprint density at radius 3 is 2.41 bits per heavy atom. The van der Waals surface area contributed by atoms with Gasteiger partial charge in [0.1, 0.15) is 0 Å². The van der Waals surface area contributed by atoms with E-state index in [4.69, 9.17) is 0 Å². The quantitative estimate of drug-likeness (QED) is 0.769. The Labute approximate surface area is 173 Å². The van der Waals surface area contributed by atoms with Crippen molar-refractivity contribution >= 4 is 21.4 Å². The summed E-state index contributed by atoms with van der Waals surface area (Å²) in [7, 11) is -3.47. The van der Waals surface area contributed by atoms with Crippen LogP contribution in [0.3, 0.4) is 0 Å². The van der Waals surface area contributed by atoms with E-state index in [9.17, 15) is 13.2 Å². The summed E-state index contributed by atoms with van der Waals surface area (Å²) in [5, 5.41) is 0.0971. The smallest absolute Gasteiger partial charge is 0.253 e. The van der Waals surface area contributed by atoms with Gasteiger partial charge in [0.15, 0.2) is 14.9 Å². The van der Waals surface area contributed by atoms with Crippen LogP contribution in [-0.4, -0.2) is 55.1 Å². The summed E-state index contributed by atoms with van der Waals surface area (Å²) < 4.78 is 24.2. The largest absolute Gasteiger partial charge is 0.368 e. The van der Waals surface area contributed by atoms with Crippen LogP contribution in [0.5, 0.6) is 0 Å². The van der Waals surface area contributed by atoms with Gasteiger partial charge >= 0.3 is 0 Å². The van der Waals surface area contributed by atoms with E-state index in [1.807, 2.05) is 42.2 Å².